The van der Waals surface area contributed by atoms with Gasteiger partial charge in [-0.25, -0.2) is 28.4 Å². The van der Waals surface area contributed by atoms with Crippen LogP contribution in [0.1, 0.15) is 54.7 Å². The summed E-state index contributed by atoms with van der Waals surface area (Å²) >= 11 is 0. The van der Waals surface area contributed by atoms with Gasteiger partial charge in [0.25, 0.3) is 0 Å². The number of carboxylic acids is 1. The first-order chi connectivity index (χ1) is 21.7. The van der Waals surface area contributed by atoms with Gasteiger partial charge in [-0.15, -0.1) is 0 Å². The maximum Gasteiger partial charge on any atom is 0.408 e. The van der Waals surface area contributed by atoms with Crippen molar-refractivity contribution in [2.75, 3.05) is 33.1 Å². The van der Waals surface area contributed by atoms with Gasteiger partial charge >= 0.3 is 12.1 Å². The molecule has 1 aliphatic heterocycles. The van der Waals surface area contributed by atoms with Gasteiger partial charge in [-0.3, -0.25) is 0 Å². The zero-order valence-corrected chi connectivity index (χ0v) is 26.2. The summed E-state index contributed by atoms with van der Waals surface area (Å²) in [4.78, 5) is 28.6. The van der Waals surface area contributed by atoms with Crippen LogP contribution in [0, 0.1) is 5.92 Å². The summed E-state index contributed by atoms with van der Waals surface area (Å²) < 4.78 is 44.2. The number of alkyl carbamates (subject to hydrolysis) is 1. The lowest BCUT2D eigenvalue weighted by atomic mass is 9.85. The average molecular weight is 642 g/mol. The number of carboxylic acid groups (broad SMARTS) is 1. The molecule has 2 aromatic rings. The molecule has 3 atom stereocenters. The fraction of sp³-hybridized carbons (Fsp3) is 0.484. The van der Waals surface area contributed by atoms with E-state index < -0.39 is 33.7 Å². The molecule has 2 aromatic carbocycles. The highest BCUT2D eigenvalue weighted by atomic mass is 32.2. The van der Waals surface area contributed by atoms with E-state index in [0.717, 1.165) is 48.2 Å². The van der Waals surface area contributed by atoms with Crippen molar-refractivity contribution < 1.29 is 37.3 Å². The van der Waals surface area contributed by atoms with Crippen molar-refractivity contribution in [3.8, 4) is 11.5 Å². The molecule has 45 heavy (non-hydrogen) atoms. The van der Waals surface area contributed by atoms with Gasteiger partial charge in [0, 0.05) is 23.7 Å². The number of carbonyl (C=O) groups is 2. The first-order valence-electron chi connectivity index (χ1n) is 15.0. The number of guanidine groups is 1. The third-order valence-electron chi connectivity index (χ3n) is 8.49. The molecule has 0 saturated heterocycles. The molecule has 13 nitrogen and oxygen atoms in total. The smallest absolute Gasteiger partial charge is 0.408 e. The molecule has 0 aromatic heterocycles. The molecule has 242 valence electrons. The van der Waals surface area contributed by atoms with Crippen LogP contribution in [0.2, 0.25) is 0 Å². The summed E-state index contributed by atoms with van der Waals surface area (Å²) in [6.07, 6.45) is 2.67. The number of nitrogens with one attached hydrogen (secondary N) is 3. The van der Waals surface area contributed by atoms with Gasteiger partial charge in [-0.1, -0.05) is 36.8 Å². The molecule has 0 bridgehead atoms. The van der Waals surface area contributed by atoms with Crippen molar-refractivity contribution in [2.45, 2.75) is 62.0 Å². The Morgan fingerprint density at radius 1 is 1.11 bits per heavy atom. The first-order valence-corrected chi connectivity index (χ1v) is 16.7. The lowest BCUT2D eigenvalue weighted by molar-refractivity contribution is -0.139. The monoisotopic (exact) mass is 641 g/mol. The van der Waals surface area contributed by atoms with Crippen molar-refractivity contribution in [3.05, 3.63) is 53.1 Å². The van der Waals surface area contributed by atoms with Gasteiger partial charge in [0.05, 0.1) is 26.5 Å². The third-order valence-corrected chi connectivity index (χ3v) is 10.2. The van der Waals surface area contributed by atoms with Crippen LogP contribution < -0.4 is 25.5 Å². The van der Waals surface area contributed by atoms with Gasteiger partial charge in [0.1, 0.15) is 17.5 Å². The summed E-state index contributed by atoms with van der Waals surface area (Å²) in [5.74, 6) is -0.592. The maximum atomic E-state index is 13.8. The number of nitrogens with zero attached hydrogens (tertiary/aromatic N) is 2. The quantitative estimate of drug-likeness (QED) is 0.267. The molecule has 2 aliphatic carbocycles. The highest BCUT2D eigenvalue weighted by Gasteiger charge is 2.40. The molecule has 14 heteroatoms. The number of benzene rings is 2. The Balaban J connectivity index is 1.36. The second-order valence-corrected chi connectivity index (χ2v) is 13.3. The number of amides is 1. The van der Waals surface area contributed by atoms with Crippen LogP contribution in [-0.2, 0) is 32.4 Å². The average Bonchev–Trinajstić information content (AvgIpc) is 3.72. The van der Waals surface area contributed by atoms with E-state index >= 15 is 0 Å². The van der Waals surface area contributed by atoms with Crippen LogP contribution in [-0.4, -0.2) is 76.4 Å². The van der Waals surface area contributed by atoms with Crippen LogP contribution in [0.15, 0.2) is 51.4 Å². The normalized spacial score (nSPS) is 20.6. The number of aliphatic carboxylic acids is 1. The predicted molar refractivity (Wildman–Crippen MR) is 167 cm³/mol. The van der Waals surface area contributed by atoms with Crippen LogP contribution in [0.4, 0.5) is 4.79 Å². The Hall–Kier alpha value is -4.33. The van der Waals surface area contributed by atoms with E-state index in [-0.39, 0.29) is 35.5 Å². The number of sulfone groups is 1. The molecule has 0 spiro atoms. The number of rotatable bonds is 11. The Morgan fingerprint density at radius 3 is 2.56 bits per heavy atom. The van der Waals surface area contributed by atoms with E-state index in [0.29, 0.717) is 31.1 Å². The summed E-state index contributed by atoms with van der Waals surface area (Å²) in [5, 5.41) is 19.9. The minimum Gasteiger partial charge on any atom is -0.493 e. The molecule has 1 fully saturated rings. The molecule has 3 aliphatic rings. The zero-order valence-electron chi connectivity index (χ0n) is 25.4. The van der Waals surface area contributed by atoms with Crippen molar-refractivity contribution in [1.29, 1.82) is 0 Å². The van der Waals surface area contributed by atoms with Crippen LogP contribution in [0.25, 0.3) is 0 Å². The summed E-state index contributed by atoms with van der Waals surface area (Å²) in [6.45, 7) is 1.40. The number of fused-ring (bicyclic) bond motifs is 3. The molecule has 1 amide bonds. The fourth-order valence-electron chi connectivity index (χ4n) is 6.36. The first kappa shape index (κ1) is 32.1. The number of carbonyl (C=O) groups excluding carboxylic acids is 1. The Morgan fingerprint density at radius 2 is 1.87 bits per heavy atom. The van der Waals surface area contributed by atoms with Gasteiger partial charge < -0.3 is 30.0 Å². The number of hydrogen-bond acceptors (Lipinski definition) is 11. The van der Waals surface area contributed by atoms with Gasteiger partial charge in [0.2, 0.25) is 5.96 Å². The SMILES string of the molecule is COc1c(S(=O)(=O)CCC(NC(=O)OCc2ccccc2)C(=O)O)cc2c(c1OC)C1CCCC1C(=NNC1=NCCN1)CC2. The number of hydrazone groups is 1. The van der Waals surface area contributed by atoms with Crippen LogP contribution >= 0.6 is 0 Å². The topological polar surface area (TPSA) is 177 Å². The number of methoxy groups -OCH3 is 2. The van der Waals surface area contributed by atoms with E-state index in [4.69, 9.17) is 19.3 Å². The number of hydrogen-bond donors (Lipinski definition) is 4. The number of ether oxygens (including phenoxy) is 3. The van der Waals surface area contributed by atoms with Gasteiger partial charge in [-0.2, -0.15) is 5.10 Å². The van der Waals surface area contributed by atoms with Gasteiger partial charge in [0.15, 0.2) is 21.3 Å². The molecule has 1 heterocycles. The molecule has 0 radical (unpaired) electrons. The van der Waals surface area contributed by atoms with Crippen molar-refractivity contribution >= 4 is 33.6 Å². The van der Waals surface area contributed by atoms with E-state index in [1.807, 2.05) is 6.07 Å². The molecule has 5 rings (SSSR count). The zero-order chi connectivity index (χ0) is 32.0. The number of aliphatic imine (C=N–C) groups is 1. The highest BCUT2D eigenvalue weighted by Crippen LogP contribution is 2.52. The number of aryl methyl sites for hydroxylation is 1. The van der Waals surface area contributed by atoms with Gasteiger partial charge in [-0.05, 0) is 55.2 Å². The van der Waals surface area contributed by atoms with Crippen LogP contribution in [0.5, 0.6) is 11.5 Å². The molecular formula is C31H39N5O8S. The molecule has 3 unspecified atom stereocenters. The van der Waals surface area contributed by atoms with Crippen molar-refractivity contribution in [1.82, 2.24) is 16.1 Å². The highest BCUT2D eigenvalue weighted by molar-refractivity contribution is 7.91. The second-order valence-electron chi connectivity index (χ2n) is 11.2. The van der Waals surface area contributed by atoms with E-state index in [1.54, 1.807) is 30.3 Å². The maximum absolute atomic E-state index is 13.8. The van der Waals surface area contributed by atoms with E-state index in [1.165, 1.54) is 14.2 Å². The van der Waals surface area contributed by atoms with E-state index in [2.05, 4.69) is 21.1 Å². The fourth-order valence-corrected chi connectivity index (χ4v) is 7.90. The minimum absolute atomic E-state index is 0.0561. The molecule has 1 saturated carbocycles. The molecule has 4 N–H and O–H groups in total. The third kappa shape index (κ3) is 7.32. The van der Waals surface area contributed by atoms with E-state index in [9.17, 15) is 23.1 Å². The van der Waals surface area contributed by atoms with Crippen molar-refractivity contribution in [3.63, 3.8) is 0 Å². The summed E-state index contributed by atoms with van der Waals surface area (Å²) in [7, 11) is -1.20. The standard InChI is InChI=1S/C31H39N5O8S/c1-42-27-25(45(40,41)16-13-24(29(37)38)34-31(39)44-18-19-7-4-3-5-8-19)17-20-11-12-23(35-36-30-32-14-15-33-30)21-9-6-10-22(21)26(20)28(27)43-2/h3-5,7-8,17,21-22,24H,6,9-16,18H2,1-2H3,(H,34,39)(H,37,38)(H2,32,33,36). The lowest BCUT2D eigenvalue weighted by Gasteiger charge is -2.25. The summed E-state index contributed by atoms with van der Waals surface area (Å²) in [5.41, 5.74) is 6.56. The Bertz CT molecular complexity index is 1580. The van der Waals surface area contributed by atoms with Crippen LogP contribution in [0.3, 0.4) is 0 Å². The minimum atomic E-state index is -4.08. The largest absolute Gasteiger partial charge is 0.493 e. The van der Waals surface area contributed by atoms with Crippen molar-refractivity contribution in [2.24, 2.45) is 16.0 Å². The predicted octanol–water partition coefficient (Wildman–Crippen LogP) is 2.98. The summed E-state index contributed by atoms with van der Waals surface area (Å²) in [6, 6.07) is 9.06. The second kappa shape index (κ2) is 14.2. The molecular weight excluding hydrogens is 602 g/mol. The Kier molecular flexibility index (Phi) is 10.1. The lowest BCUT2D eigenvalue weighted by Crippen LogP contribution is -2.42. The Labute approximate surface area is 262 Å².